The molecule has 0 aromatic heterocycles. The second kappa shape index (κ2) is 7.46. The third kappa shape index (κ3) is 4.87. The van der Waals surface area contributed by atoms with Crippen LogP contribution >= 0.6 is 0 Å². The molecule has 0 spiro atoms. The zero-order valence-corrected chi connectivity index (χ0v) is 11.9. The Kier molecular flexibility index (Phi) is 5.93. The molecule has 2 aliphatic rings. The molecular formula is C15H30N2O. The van der Waals surface area contributed by atoms with Gasteiger partial charge in [-0.05, 0) is 51.1 Å². The van der Waals surface area contributed by atoms with E-state index in [1.54, 1.807) is 0 Å². The number of hydrogen-bond acceptors (Lipinski definition) is 3. The maximum atomic E-state index is 9.45. The van der Waals surface area contributed by atoms with Crippen molar-refractivity contribution in [2.45, 2.75) is 64.0 Å². The molecule has 2 N–H and O–H groups in total. The van der Waals surface area contributed by atoms with Gasteiger partial charge in [0.25, 0.3) is 0 Å². The van der Waals surface area contributed by atoms with Crippen LogP contribution in [0.3, 0.4) is 0 Å². The van der Waals surface area contributed by atoms with Gasteiger partial charge in [0.15, 0.2) is 0 Å². The molecule has 0 radical (unpaired) electrons. The molecule has 0 bridgehead atoms. The first-order valence-corrected chi connectivity index (χ1v) is 7.88. The molecule has 1 heterocycles. The Bertz CT molecular complexity index is 227. The molecule has 2 rings (SSSR count). The van der Waals surface area contributed by atoms with Crippen molar-refractivity contribution in [1.29, 1.82) is 0 Å². The van der Waals surface area contributed by atoms with E-state index in [-0.39, 0.29) is 6.10 Å². The van der Waals surface area contributed by atoms with Gasteiger partial charge in [-0.25, -0.2) is 0 Å². The maximum absolute atomic E-state index is 9.45. The minimum Gasteiger partial charge on any atom is -0.393 e. The first-order chi connectivity index (χ1) is 8.74. The number of aliphatic hydroxyl groups excluding tert-OH is 1. The van der Waals surface area contributed by atoms with Crippen molar-refractivity contribution in [3.63, 3.8) is 0 Å². The van der Waals surface area contributed by atoms with Gasteiger partial charge in [-0.15, -0.1) is 0 Å². The van der Waals surface area contributed by atoms with E-state index in [0.717, 1.165) is 44.4 Å². The molecule has 2 unspecified atom stereocenters. The molecule has 0 aromatic rings. The summed E-state index contributed by atoms with van der Waals surface area (Å²) in [4.78, 5) is 2.50. The SMILES string of the molecule is CC1CCCC(NCCCN2CCC(O)CC2)C1. The maximum Gasteiger partial charge on any atom is 0.0564 e. The van der Waals surface area contributed by atoms with Crippen molar-refractivity contribution >= 4 is 0 Å². The molecule has 0 aromatic carbocycles. The van der Waals surface area contributed by atoms with Gasteiger partial charge < -0.3 is 15.3 Å². The van der Waals surface area contributed by atoms with Crippen LogP contribution in [0.4, 0.5) is 0 Å². The first kappa shape index (κ1) is 14.3. The molecular weight excluding hydrogens is 224 g/mol. The fraction of sp³-hybridized carbons (Fsp3) is 1.00. The monoisotopic (exact) mass is 254 g/mol. The van der Waals surface area contributed by atoms with Crippen LogP contribution in [-0.4, -0.2) is 48.3 Å². The van der Waals surface area contributed by atoms with Gasteiger partial charge in [0, 0.05) is 19.1 Å². The minimum atomic E-state index is -0.0388. The van der Waals surface area contributed by atoms with Crippen molar-refractivity contribution in [2.24, 2.45) is 5.92 Å². The summed E-state index contributed by atoms with van der Waals surface area (Å²) in [6, 6.07) is 0.775. The highest BCUT2D eigenvalue weighted by molar-refractivity contribution is 4.76. The fourth-order valence-electron chi connectivity index (χ4n) is 3.37. The van der Waals surface area contributed by atoms with Crippen LogP contribution in [0.15, 0.2) is 0 Å². The highest BCUT2D eigenvalue weighted by Gasteiger charge is 2.18. The third-order valence-corrected chi connectivity index (χ3v) is 4.58. The lowest BCUT2D eigenvalue weighted by atomic mass is 9.87. The predicted molar refractivity (Wildman–Crippen MR) is 75.7 cm³/mol. The Morgan fingerprint density at radius 1 is 1.17 bits per heavy atom. The summed E-state index contributed by atoms with van der Waals surface area (Å²) in [5.41, 5.74) is 0. The Balaban J connectivity index is 1.50. The number of rotatable bonds is 5. The van der Waals surface area contributed by atoms with Crippen LogP contribution in [0.25, 0.3) is 0 Å². The van der Waals surface area contributed by atoms with Crippen LogP contribution in [0.1, 0.15) is 51.9 Å². The van der Waals surface area contributed by atoms with Gasteiger partial charge in [-0.1, -0.05) is 19.8 Å². The molecule has 1 aliphatic heterocycles. The number of aliphatic hydroxyl groups is 1. The van der Waals surface area contributed by atoms with Crippen molar-refractivity contribution in [1.82, 2.24) is 10.2 Å². The van der Waals surface area contributed by atoms with E-state index >= 15 is 0 Å². The Morgan fingerprint density at radius 2 is 1.94 bits per heavy atom. The van der Waals surface area contributed by atoms with Crippen LogP contribution in [0.2, 0.25) is 0 Å². The lowest BCUT2D eigenvalue weighted by molar-refractivity contribution is 0.0819. The molecule has 1 saturated heterocycles. The second-order valence-electron chi connectivity index (χ2n) is 6.35. The third-order valence-electron chi connectivity index (χ3n) is 4.58. The van der Waals surface area contributed by atoms with E-state index in [9.17, 15) is 5.11 Å². The van der Waals surface area contributed by atoms with Gasteiger partial charge in [-0.3, -0.25) is 0 Å². The van der Waals surface area contributed by atoms with Crippen molar-refractivity contribution in [3.8, 4) is 0 Å². The zero-order valence-electron chi connectivity index (χ0n) is 11.9. The lowest BCUT2D eigenvalue weighted by Crippen LogP contribution is -2.39. The Labute approximate surface area is 112 Å². The average molecular weight is 254 g/mol. The topological polar surface area (TPSA) is 35.5 Å². The van der Waals surface area contributed by atoms with E-state index in [0.29, 0.717) is 0 Å². The quantitative estimate of drug-likeness (QED) is 0.737. The number of nitrogens with one attached hydrogen (secondary N) is 1. The summed E-state index contributed by atoms with van der Waals surface area (Å²) in [6.07, 6.45) is 8.72. The largest absolute Gasteiger partial charge is 0.393 e. The van der Waals surface area contributed by atoms with Crippen LogP contribution < -0.4 is 5.32 Å². The number of nitrogens with zero attached hydrogens (tertiary/aromatic N) is 1. The normalized spacial score (nSPS) is 31.7. The Morgan fingerprint density at radius 3 is 2.67 bits per heavy atom. The Hall–Kier alpha value is -0.120. The number of piperidine rings is 1. The predicted octanol–water partition coefficient (Wildman–Crippen LogP) is 2.00. The number of likely N-dealkylation sites (tertiary alicyclic amines) is 1. The van der Waals surface area contributed by atoms with E-state index in [2.05, 4.69) is 17.1 Å². The molecule has 2 atom stereocenters. The lowest BCUT2D eigenvalue weighted by Gasteiger charge is -2.30. The van der Waals surface area contributed by atoms with Gasteiger partial charge in [-0.2, -0.15) is 0 Å². The highest BCUT2D eigenvalue weighted by Crippen LogP contribution is 2.23. The van der Waals surface area contributed by atoms with Gasteiger partial charge in [0.1, 0.15) is 0 Å². The molecule has 3 nitrogen and oxygen atoms in total. The van der Waals surface area contributed by atoms with E-state index in [1.165, 1.54) is 38.6 Å². The van der Waals surface area contributed by atoms with Crippen molar-refractivity contribution < 1.29 is 5.11 Å². The smallest absolute Gasteiger partial charge is 0.0564 e. The van der Waals surface area contributed by atoms with Gasteiger partial charge in [0.05, 0.1) is 6.10 Å². The second-order valence-corrected chi connectivity index (χ2v) is 6.35. The van der Waals surface area contributed by atoms with E-state index in [4.69, 9.17) is 0 Å². The van der Waals surface area contributed by atoms with E-state index < -0.39 is 0 Å². The minimum absolute atomic E-state index is 0.0388. The van der Waals surface area contributed by atoms with Gasteiger partial charge in [0.2, 0.25) is 0 Å². The van der Waals surface area contributed by atoms with Crippen LogP contribution in [-0.2, 0) is 0 Å². The molecule has 18 heavy (non-hydrogen) atoms. The first-order valence-electron chi connectivity index (χ1n) is 7.88. The summed E-state index contributed by atoms with van der Waals surface area (Å²) < 4.78 is 0. The molecule has 1 saturated carbocycles. The standard InChI is InChI=1S/C15H30N2O/c1-13-4-2-5-14(12-13)16-8-3-9-17-10-6-15(18)7-11-17/h13-16,18H,2-12H2,1H3. The number of hydrogen-bond donors (Lipinski definition) is 2. The highest BCUT2D eigenvalue weighted by atomic mass is 16.3. The van der Waals surface area contributed by atoms with Crippen molar-refractivity contribution in [2.75, 3.05) is 26.2 Å². The zero-order chi connectivity index (χ0) is 12.8. The summed E-state index contributed by atoms with van der Waals surface area (Å²) in [6.45, 7) is 6.91. The summed E-state index contributed by atoms with van der Waals surface area (Å²) in [5, 5.41) is 13.2. The molecule has 0 amide bonds. The molecule has 3 heteroatoms. The van der Waals surface area contributed by atoms with Crippen molar-refractivity contribution in [3.05, 3.63) is 0 Å². The molecule has 2 fully saturated rings. The summed E-state index contributed by atoms with van der Waals surface area (Å²) in [5.74, 6) is 0.917. The molecule has 1 aliphatic carbocycles. The summed E-state index contributed by atoms with van der Waals surface area (Å²) >= 11 is 0. The van der Waals surface area contributed by atoms with Gasteiger partial charge >= 0.3 is 0 Å². The fourth-order valence-corrected chi connectivity index (χ4v) is 3.37. The average Bonchev–Trinajstić information content (AvgIpc) is 2.37. The van der Waals surface area contributed by atoms with Crippen LogP contribution in [0.5, 0.6) is 0 Å². The summed E-state index contributed by atoms with van der Waals surface area (Å²) in [7, 11) is 0. The molecule has 106 valence electrons. The van der Waals surface area contributed by atoms with E-state index in [1.807, 2.05) is 0 Å². The van der Waals surface area contributed by atoms with Crippen LogP contribution in [0, 0.1) is 5.92 Å².